The van der Waals surface area contributed by atoms with Crippen LogP contribution in [0, 0.1) is 0 Å². The molecular weight excluding hydrogens is 413 g/mol. The Balaban J connectivity index is 0.00000288. The molecule has 2 rings (SSSR count). The molecule has 0 heterocycles. The Morgan fingerprint density at radius 1 is 1.04 bits per heavy atom. The molecule has 0 radical (unpaired) electrons. The highest BCUT2D eigenvalue weighted by Gasteiger charge is 2.05. The zero-order chi connectivity index (χ0) is 16.5. The highest BCUT2D eigenvalue weighted by Crippen LogP contribution is 2.19. The predicted octanol–water partition coefficient (Wildman–Crippen LogP) is 3.96. The molecule has 2 aromatic carbocycles. The van der Waals surface area contributed by atoms with Gasteiger partial charge >= 0.3 is 0 Å². The van der Waals surface area contributed by atoms with Gasteiger partial charge < -0.3 is 15.4 Å². The minimum absolute atomic E-state index is 0. The van der Waals surface area contributed by atoms with Gasteiger partial charge in [-0.05, 0) is 25.5 Å². The zero-order valence-corrected chi connectivity index (χ0v) is 16.8. The van der Waals surface area contributed by atoms with Gasteiger partial charge in [-0.2, -0.15) is 0 Å². The summed E-state index contributed by atoms with van der Waals surface area (Å²) < 4.78 is 5.97. The number of ether oxygens (including phenoxy) is 1. The first-order chi connectivity index (χ1) is 11.2. The van der Waals surface area contributed by atoms with E-state index >= 15 is 0 Å². The Bertz CT molecular complexity index is 630. The lowest BCUT2D eigenvalue weighted by atomic mass is 10.2. The van der Waals surface area contributed by atoms with Crippen LogP contribution >= 0.6 is 24.0 Å². The Labute approximate surface area is 161 Å². The quantitative estimate of drug-likeness (QED) is 0.407. The van der Waals surface area contributed by atoms with E-state index in [0.29, 0.717) is 19.2 Å². The molecule has 0 aliphatic rings. The van der Waals surface area contributed by atoms with Gasteiger partial charge in [0.05, 0.1) is 0 Å². The van der Waals surface area contributed by atoms with Crippen LogP contribution in [0.15, 0.2) is 59.6 Å². The predicted molar refractivity (Wildman–Crippen MR) is 111 cm³/mol. The second-order valence-corrected chi connectivity index (χ2v) is 5.61. The van der Waals surface area contributed by atoms with Gasteiger partial charge in [0.15, 0.2) is 5.96 Å². The average molecular weight is 439 g/mol. The van der Waals surface area contributed by atoms with E-state index in [1.165, 1.54) is 0 Å². The third kappa shape index (κ3) is 6.78. The van der Waals surface area contributed by atoms with Crippen LogP contribution in [0.3, 0.4) is 0 Å². The Morgan fingerprint density at radius 2 is 1.71 bits per heavy atom. The molecule has 0 bridgehead atoms. The van der Waals surface area contributed by atoms with Crippen LogP contribution in [0.2, 0.25) is 0 Å². The van der Waals surface area contributed by atoms with Crippen molar-refractivity contribution >= 4 is 29.9 Å². The summed E-state index contributed by atoms with van der Waals surface area (Å²) in [6.45, 7) is 5.40. The zero-order valence-electron chi connectivity index (χ0n) is 14.5. The number of hydrogen-bond acceptors (Lipinski definition) is 2. The monoisotopic (exact) mass is 439 g/mol. The van der Waals surface area contributed by atoms with E-state index in [1.54, 1.807) is 7.05 Å². The van der Waals surface area contributed by atoms with Crippen molar-refractivity contribution in [3.05, 3.63) is 65.7 Å². The van der Waals surface area contributed by atoms with Gasteiger partial charge in [-0.1, -0.05) is 48.5 Å². The first kappa shape index (κ1) is 20.3. The number of rotatable bonds is 6. The van der Waals surface area contributed by atoms with Crippen molar-refractivity contribution in [1.82, 2.24) is 10.6 Å². The van der Waals surface area contributed by atoms with E-state index < -0.39 is 0 Å². The lowest BCUT2D eigenvalue weighted by Crippen LogP contribution is -2.40. The molecule has 2 aromatic rings. The van der Waals surface area contributed by atoms with Crippen molar-refractivity contribution in [1.29, 1.82) is 0 Å². The Kier molecular flexibility index (Phi) is 9.22. The summed E-state index contributed by atoms with van der Waals surface area (Å²) in [5.74, 6) is 1.68. The van der Waals surface area contributed by atoms with E-state index in [9.17, 15) is 0 Å². The maximum atomic E-state index is 5.97. The molecule has 0 unspecified atom stereocenters. The second kappa shape index (κ2) is 10.9. The average Bonchev–Trinajstić information content (AvgIpc) is 2.58. The maximum Gasteiger partial charge on any atom is 0.191 e. The molecule has 0 aromatic heterocycles. The fourth-order valence-corrected chi connectivity index (χ4v) is 2.17. The molecule has 0 fully saturated rings. The summed E-state index contributed by atoms with van der Waals surface area (Å²) in [6, 6.07) is 18.6. The molecule has 0 aliphatic carbocycles. The normalized spacial score (nSPS) is 10.9. The highest BCUT2D eigenvalue weighted by atomic mass is 127. The number of para-hydroxylation sites is 1. The summed E-state index contributed by atoms with van der Waals surface area (Å²) in [5.41, 5.74) is 2.27. The van der Waals surface area contributed by atoms with Crippen LogP contribution in [-0.2, 0) is 13.2 Å². The van der Waals surface area contributed by atoms with Crippen molar-refractivity contribution in [2.45, 2.75) is 33.0 Å². The van der Waals surface area contributed by atoms with Crippen LogP contribution in [0.1, 0.15) is 25.0 Å². The highest BCUT2D eigenvalue weighted by molar-refractivity contribution is 14.0. The number of benzene rings is 2. The lowest BCUT2D eigenvalue weighted by Gasteiger charge is -2.16. The van der Waals surface area contributed by atoms with E-state index in [4.69, 9.17) is 4.74 Å². The minimum atomic E-state index is 0. The molecule has 5 heteroatoms. The summed E-state index contributed by atoms with van der Waals surface area (Å²) >= 11 is 0. The number of aliphatic imine (C=N–C) groups is 1. The molecule has 4 nitrogen and oxygen atoms in total. The molecule has 130 valence electrons. The standard InChI is InChI=1S/C19H25N3O.HI/c1-15(2)22-19(20-3)21-13-17-11-7-8-12-18(17)23-14-16-9-5-4-6-10-16;/h4-12,15H,13-14H2,1-3H3,(H2,20,21,22);1H. The smallest absolute Gasteiger partial charge is 0.191 e. The van der Waals surface area contributed by atoms with Crippen molar-refractivity contribution in [3.63, 3.8) is 0 Å². The van der Waals surface area contributed by atoms with Crippen LogP contribution in [-0.4, -0.2) is 19.0 Å². The first-order valence-electron chi connectivity index (χ1n) is 7.91. The van der Waals surface area contributed by atoms with Crippen LogP contribution in [0.25, 0.3) is 0 Å². The molecule has 0 aliphatic heterocycles. The maximum absolute atomic E-state index is 5.97. The largest absolute Gasteiger partial charge is 0.489 e. The third-order valence-corrected chi connectivity index (χ3v) is 3.31. The number of hydrogen-bond donors (Lipinski definition) is 2. The fraction of sp³-hybridized carbons (Fsp3) is 0.316. The first-order valence-corrected chi connectivity index (χ1v) is 7.91. The molecule has 2 N–H and O–H groups in total. The number of guanidine groups is 1. The molecule has 0 spiro atoms. The van der Waals surface area contributed by atoms with Gasteiger partial charge in [-0.25, -0.2) is 0 Å². The van der Waals surface area contributed by atoms with Crippen LogP contribution in [0.5, 0.6) is 5.75 Å². The van der Waals surface area contributed by atoms with Crippen molar-refractivity contribution in [3.8, 4) is 5.75 Å². The summed E-state index contributed by atoms with van der Waals surface area (Å²) in [5, 5.41) is 6.59. The second-order valence-electron chi connectivity index (χ2n) is 5.61. The molecule has 0 amide bonds. The van der Waals surface area contributed by atoms with Gasteiger partial charge in [-0.3, -0.25) is 4.99 Å². The Hall–Kier alpha value is -1.76. The fourth-order valence-electron chi connectivity index (χ4n) is 2.17. The molecule has 24 heavy (non-hydrogen) atoms. The molecule has 0 saturated heterocycles. The summed E-state index contributed by atoms with van der Waals surface area (Å²) in [7, 11) is 1.77. The van der Waals surface area contributed by atoms with Gasteiger partial charge in [0, 0.05) is 25.2 Å². The SMILES string of the molecule is CN=C(NCc1ccccc1OCc1ccccc1)NC(C)C.I. The van der Waals surface area contributed by atoms with Gasteiger partial charge in [0.2, 0.25) is 0 Å². The van der Waals surface area contributed by atoms with Gasteiger partial charge in [0.1, 0.15) is 12.4 Å². The number of nitrogens with one attached hydrogen (secondary N) is 2. The van der Waals surface area contributed by atoms with E-state index in [-0.39, 0.29) is 24.0 Å². The topological polar surface area (TPSA) is 45.7 Å². The third-order valence-electron chi connectivity index (χ3n) is 3.31. The van der Waals surface area contributed by atoms with Crippen LogP contribution in [0.4, 0.5) is 0 Å². The van der Waals surface area contributed by atoms with Gasteiger partial charge in [-0.15, -0.1) is 24.0 Å². The summed E-state index contributed by atoms with van der Waals surface area (Å²) in [6.07, 6.45) is 0. The lowest BCUT2D eigenvalue weighted by molar-refractivity contribution is 0.302. The van der Waals surface area contributed by atoms with Gasteiger partial charge in [0.25, 0.3) is 0 Å². The van der Waals surface area contributed by atoms with Crippen molar-refractivity contribution in [2.24, 2.45) is 4.99 Å². The van der Waals surface area contributed by atoms with Crippen molar-refractivity contribution < 1.29 is 4.74 Å². The van der Waals surface area contributed by atoms with Crippen LogP contribution < -0.4 is 15.4 Å². The minimum Gasteiger partial charge on any atom is -0.489 e. The Morgan fingerprint density at radius 3 is 2.38 bits per heavy atom. The van der Waals surface area contributed by atoms with E-state index in [0.717, 1.165) is 22.8 Å². The molecule has 0 atom stereocenters. The van der Waals surface area contributed by atoms with E-state index in [2.05, 4.69) is 47.7 Å². The van der Waals surface area contributed by atoms with E-state index in [1.807, 2.05) is 36.4 Å². The summed E-state index contributed by atoms with van der Waals surface area (Å²) in [4.78, 5) is 4.22. The van der Waals surface area contributed by atoms with Crippen molar-refractivity contribution in [2.75, 3.05) is 7.05 Å². The molecule has 0 saturated carbocycles. The number of nitrogens with zero attached hydrogens (tertiary/aromatic N) is 1. The molecular formula is C19H26IN3O. The number of halogens is 1.